The highest BCUT2D eigenvalue weighted by atomic mass is 79.9. The number of hydrogen-bond donors (Lipinski definition) is 2. The van der Waals surface area contributed by atoms with Crippen molar-refractivity contribution in [2.24, 2.45) is 5.41 Å². The minimum atomic E-state index is -0.209. The zero-order chi connectivity index (χ0) is 12.0. The molecule has 0 saturated heterocycles. The zero-order valence-corrected chi connectivity index (χ0v) is 11.4. The van der Waals surface area contributed by atoms with E-state index in [1.165, 1.54) is 19.3 Å². The van der Waals surface area contributed by atoms with Crippen LogP contribution in [0, 0.1) is 11.2 Å². The van der Waals surface area contributed by atoms with Gasteiger partial charge in [0.1, 0.15) is 5.82 Å². The molecule has 0 aromatic heterocycles. The van der Waals surface area contributed by atoms with Crippen LogP contribution in [-0.2, 0) is 0 Å². The third-order valence-electron chi connectivity index (χ3n) is 4.15. The Labute approximate surface area is 109 Å². The maximum atomic E-state index is 13.6. The molecule has 2 aliphatic rings. The van der Waals surface area contributed by atoms with E-state index in [-0.39, 0.29) is 11.2 Å². The van der Waals surface area contributed by atoms with E-state index < -0.39 is 0 Å². The standard InChI is InChI=1S/C13H16BrFN2/c1-13-4-2-3-12(13)17-11-6-9(15)8(14)5-10(11)16-7-13/h5-6,12,16-17H,2-4,7H2,1H3. The number of benzene rings is 1. The molecule has 1 heterocycles. The first-order chi connectivity index (χ1) is 8.08. The molecule has 1 saturated carbocycles. The number of nitrogens with one attached hydrogen (secondary N) is 2. The molecule has 17 heavy (non-hydrogen) atoms. The third kappa shape index (κ3) is 1.82. The van der Waals surface area contributed by atoms with Gasteiger partial charge in [-0.25, -0.2) is 4.39 Å². The summed E-state index contributed by atoms with van der Waals surface area (Å²) in [7, 11) is 0. The Morgan fingerprint density at radius 2 is 2.24 bits per heavy atom. The maximum absolute atomic E-state index is 13.6. The van der Waals surface area contributed by atoms with Crippen molar-refractivity contribution in [2.45, 2.75) is 32.2 Å². The van der Waals surface area contributed by atoms with Crippen molar-refractivity contribution >= 4 is 27.3 Å². The van der Waals surface area contributed by atoms with Crippen molar-refractivity contribution in [2.75, 3.05) is 17.2 Å². The number of fused-ring (bicyclic) bond motifs is 2. The maximum Gasteiger partial charge on any atom is 0.139 e. The Balaban J connectivity index is 2.00. The van der Waals surface area contributed by atoms with Crippen LogP contribution in [0.4, 0.5) is 15.8 Å². The van der Waals surface area contributed by atoms with Gasteiger partial charge in [-0.15, -0.1) is 0 Å². The lowest BCUT2D eigenvalue weighted by molar-refractivity contribution is 0.335. The van der Waals surface area contributed by atoms with E-state index in [1.54, 1.807) is 6.07 Å². The van der Waals surface area contributed by atoms with Crippen LogP contribution in [0.15, 0.2) is 16.6 Å². The topological polar surface area (TPSA) is 24.1 Å². The number of rotatable bonds is 0. The number of anilines is 2. The van der Waals surface area contributed by atoms with Gasteiger partial charge in [0.05, 0.1) is 15.8 Å². The van der Waals surface area contributed by atoms with Crippen LogP contribution in [0.2, 0.25) is 0 Å². The Morgan fingerprint density at radius 3 is 3.06 bits per heavy atom. The minimum Gasteiger partial charge on any atom is -0.383 e. The van der Waals surface area contributed by atoms with Gasteiger partial charge in [0.15, 0.2) is 0 Å². The molecule has 0 spiro atoms. The van der Waals surface area contributed by atoms with Crippen molar-refractivity contribution in [3.05, 3.63) is 22.4 Å². The van der Waals surface area contributed by atoms with Gasteiger partial charge in [0.2, 0.25) is 0 Å². The lowest BCUT2D eigenvalue weighted by Gasteiger charge is -2.29. The summed E-state index contributed by atoms with van der Waals surface area (Å²) < 4.78 is 14.1. The van der Waals surface area contributed by atoms with Gasteiger partial charge in [-0.05, 0) is 34.8 Å². The Bertz CT molecular complexity index is 463. The molecule has 2 unspecified atom stereocenters. The lowest BCUT2D eigenvalue weighted by atomic mass is 9.85. The molecule has 0 amide bonds. The second-order valence-electron chi connectivity index (χ2n) is 5.41. The molecule has 2 N–H and O–H groups in total. The summed E-state index contributed by atoms with van der Waals surface area (Å²) in [5, 5.41) is 6.95. The fourth-order valence-corrected chi connectivity index (χ4v) is 3.33. The molecule has 92 valence electrons. The van der Waals surface area contributed by atoms with E-state index in [2.05, 4.69) is 33.5 Å². The van der Waals surface area contributed by atoms with Crippen molar-refractivity contribution in [1.29, 1.82) is 0 Å². The molecule has 1 aliphatic heterocycles. The van der Waals surface area contributed by atoms with E-state index in [1.807, 2.05) is 6.07 Å². The van der Waals surface area contributed by atoms with Crippen LogP contribution in [0.3, 0.4) is 0 Å². The summed E-state index contributed by atoms with van der Waals surface area (Å²) in [6.07, 6.45) is 3.66. The predicted octanol–water partition coefficient (Wildman–Crippen LogP) is 3.98. The van der Waals surface area contributed by atoms with Crippen LogP contribution in [0.5, 0.6) is 0 Å². The monoisotopic (exact) mass is 298 g/mol. The summed E-state index contributed by atoms with van der Waals surface area (Å²) in [6, 6.07) is 3.86. The summed E-state index contributed by atoms with van der Waals surface area (Å²) in [4.78, 5) is 0. The molecule has 1 aromatic carbocycles. The second-order valence-corrected chi connectivity index (χ2v) is 6.26. The molecule has 0 bridgehead atoms. The molecule has 1 aliphatic carbocycles. The molecule has 2 atom stereocenters. The van der Waals surface area contributed by atoms with Crippen molar-refractivity contribution in [1.82, 2.24) is 0 Å². The zero-order valence-electron chi connectivity index (χ0n) is 9.82. The van der Waals surface area contributed by atoms with E-state index in [9.17, 15) is 4.39 Å². The van der Waals surface area contributed by atoms with Gasteiger partial charge in [0, 0.05) is 24.1 Å². The quantitative estimate of drug-likeness (QED) is 0.757. The molecule has 1 fully saturated rings. The number of hydrogen-bond acceptors (Lipinski definition) is 2. The largest absolute Gasteiger partial charge is 0.383 e. The molecule has 2 nitrogen and oxygen atoms in total. The average molecular weight is 299 g/mol. The Hall–Kier alpha value is -0.770. The minimum absolute atomic E-state index is 0.209. The van der Waals surface area contributed by atoms with Gasteiger partial charge < -0.3 is 10.6 Å². The summed E-state index contributed by atoms with van der Waals surface area (Å²) in [5.41, 5.74) is 2.16. The SMILES string of the molecule is CC12CCCC1Nc1cc(F)c(Br)cc1NC2. The summed E-state index contributed by atoms with van der Waals surface area (Å²) >= 11 is 3.23. The summed E-state index contributed by atoms with van der Waals surface area (Å²) in [5.74, 6) is -0.209. The average Bonchev–Trinajstić information content (AvgIpc) is 2.58. The van der Waals surface area contributed by atoms with E-state index in [0.29, 0.717) is 10.5 Å². The van der Waals surface area contributed by atoms with Crippen LogP contribution >= 0.6 is 15.9 Å². The molecule has 3 rings (SSSR count). The second kappa shape index (κ2) is 3.87. The van der Waals surface area contributed by atoms with Crippen LogP contribution in [-0.4, -0.2) is 12.6 Å². The first-order valence-electron chi connectivity index (χ1n) is 6.08. The fourth-order valence-electron chi connectivity index (χ4n) is 2.99. The van der Waals surface area contributed by atoms with Crippen molar-refractivity contribution in [3.8, 4) is 0 Å². The Morgan fingerprint density at radius 1 is 1.41 bits per heavy atom. The van der Waals surface area contributed by atoms with E-state index in [4.69, 9.17) is 0 Å². The normalized spacial score (nSPS) is 30.9. The van der Waals surface area contributed by atoms with Crippen LogP contribution < -0.4 is 10.6 Å². The lowest BCUT2D eigenvalue weighted by Crippen LogP contribution is -2.36. The molecular formula is C13H16BrFN2. The fraction of sp³-hybridized carbons (Fsp3) is 0.538. The molecule has 1 aromatic rings. The van der Waals surface area contributed by atoms with Gasteiger partial charge in [-0.2, -0.15) is 0 Å². The number of halogens is 2. The first kappa shape index (κ1) is 11.3. The Kier molecular flexibility index (Phi) is 2.58. The van der Waals surface area contributed by atoms with Crippen LogP contribution in [0.25, 0.3) is 0 Å². The highest BCUT2D eigenvalue weighted by Crippen LogP contribution is 2.44. The highest BCUT2D eigenvalue weighted by Gasteiger charge is 2.40. The van der Waals surface area contributed by atoms with Crippen LogP contribution in [0.1, 0.15) is 26.2 Å². The van der Waals surface area contributed by atoms with Gasteiger partial charge in [0.25, 0.3) is 0 Å². The first-order valence-corrected chi connectivity index (χ1v) is 6.87. The molecular weight excluding hydrogens is 283 g/mol. The summed E-state index contributed by atoms with van der Waals surface area (Å²) in [6.45, 7) is 3.26. The van der Waals surface area contributed by atoms with Gasteiger partial charge >= 0.3 is 0 Å². The van der Waals surface area contributed by atoms with Crippen molar-refractivity contribution < 1.29 is 4.39 Å². The third-order valence-corrected chi connectivity index (χ3v) is 4.76. The van der Waals surface area contributed by atoms with E-state index >= 15 is 0 Å². The van der Waals surface area contributed by atoms with Gasteiger partial charge in [-0.1, -0.05) is 13.3 Å². The molecule has 4 heteroatoms. The predicted molar refractivity (Wildman–Crippen MR) is 72.0 cm³/mol. The molecule has 0 radical (unpaired) electrons. The van der Waals surface area contributed by atoms with Crippen molar-refractivity contribution in [3.63, 3.8) is 0 Å². The smallest absolute Gasteiger partial charge is 0.139 e. The highest BCUT2D eigenvalue weighted by molar-refractivity contribution is 9.10. The van der Waals surface area contributed by atoms with E-state index in [0.717, 1.165) is 17.9 Å². The van der Waals surface area contributed by atoms with Gasteiger partial charge in [-0.3, -0.25) is 0 Å².